The molecule has 0 saturated carbocycles. The fraction of sp³-hybridized carbons (Fsp3) is 0.600. The van der Waals surface area contributed by atoms with E-state index in [-0.39, 0.29) is 5.41 Å². The van der Waals surface area contributed by atoms with Crippen LogP contribution in [0, 0.1) is 5.41 Å². The van der Waals surface area contributed by atoms with Crippen LogP contribution in [0.3, 0.4) is 0 Å². The zero-order chi connectivity index (χ0) is 11.7. The molecule has 0 aliphatic heterocycles. The van der Waals surface area contributed by atoms with Crippen molar-refractivity contribution in [1.82, 2.24) is 0 Å². The third-order valence-electron chi connectivity index (χ3n) is 3.96. The van der Waals surface area contributed by atoms with E-state index in [9.17, 15) is 0 Å². The van der Waals surface area contributed by atoms with Gasteiger partial charge in [0.2, 0.25) is 0 Å². The Bertz CT molecular complexity index is 309. The van der Waals surface area contributed by atoms with E-state index in [0.29, 0.717) is 5.41 Å². The molecule has 0 amide bonds. The van der Waals surface area contributed by atoms with Gasteiger partial charge in [0, 0.05) is 0 Å². The predicted molar refractivity (Wildman–Crippen MR) is 68.3 cm³/mol. The third-order valence-corrected chi connectivity index (χ3v) is 3.96. The molecule has 0 heterocycles. The van der Waals surface area contributed by atoms with Crippen molar-refractivity contribution in [3.05, 3.63) is 35.4 Å². The highest BCUT2D eigenvalue weighted by atomic mass is 14.4. The molecule has 0 aliphatic carbocycles. The Morgan fingerprint density at radius 3 is 1.67 bits per heavy atom. The van der Waals surface area contributed by atoms with Gasteiger partial charge >= 0.3 is 0 Å². The number of benzene rings is 1. The van der Waals surface area contributed by atoms with Crippen LogP contribution in [0.4, 0.5) is 0 Å². The third kappa shape index (κ3) is 2.42. The fourth-order valence-corrected chi connectivity index (χ4v) is 1.59. The number of hydrogen-bond donors (Lipinski definition) is 0. The molecule has 15 heavy (non-hydrogen) atoms. The quantitative estimate of drug-likeness (QED) is 0.662. The summed E-state index contributed by atoms with van der Waals surface area (Å²) >= 11 is 0. The van der Waals surface area contributed by atoms with Gasteiger partial charge in [-0.25, -0.2) is 0 Å². The Morgan fingerprint density at radius 2 is 1.33 bits per heavy atom. The lowest BCUT2D eigenvalue weighted by atomic mass is 9.65. The molecule has 0 radical (unpaired) electrons. The molecule has 1 aromatic carbocycles. The number of hydrogen-bond acceptors (Lipinski definition) is 0. The van der Waals surface area contributed by atoms with Crippen molar-refractivity contribution in [2.24, 2.45) is 5.41 Å². The Labute approximate surface area is 94.7 Å². The van der Waals surface area contributed by atoms with Crippen molar-refractivity contribution in [2.45, 2.75) is 53.4 Å². The van der Waals surface area contributed by atoms with Crippen molar-refractivity contribution < 1.29 is 0 Å². The number of rotatable bonds is 2. The maximum atomic E-state index is 2.33. The molecule has 1 aromatic rings. The zero-order valence-electron chi connectivity index (χ0n) is 11.0. The van der Waals surface area contributed by atoms with Gasteiger partial charge < -0.3 is 0 Å². The highest BCUT2D eigenvalue weighted by molar-refractivity contribution is 5.29. The summed E-state index contributed by atoms with van der Waals surface area (Å²) in [5.74, 6) is 0. The standard InChI is InChI=1S/C15H24/c1-7-12-8-10-13(11-9-12)15(5,6)14(2,3)4/h8-11H,7H2,1-6H3. The fourth-order valence-electron chi connectivity index (χ4n) is 1.59. The summed E-state index contributed by atoms with van der Waals surface area (Å²) in [5, 5.41) is 0. The van der Waals surface area contributed by atoms with Crippen LogP contribution in [0.5, 0.6) is 0 Å². The van der Waals surface area contributed by atoms with Gasteiger partial charge in [-0.1, -0.05) is 65.8 Å². The van der Waals surface area contributed by atoms with Crippen LogP contribution in [0.25, 0.3) is 0 Å². The molecule has 0 spiro atoms. The Hall–Kier alpha value is -0.780. The van der Waals surface area contributed by atoms with Crippen molar-refractivity contribution in [3.63, 3.8) is 0 Å². The minimum Gasteiger partial charge on any atom is -0.0613 e. The van der Waals surface area contributed by atoms with Gasteiger partial charge in [-0.3, -0.25) is 0 Å². The molecule has 84 valence electrons. The lowest BCUT2D eigenvalue weighted by molar-refractivity contribution is 0.225. The van der Waals surface area contributed by atoms with E-state index in [1.54, 1.807) is 0 Å². The van der Waals surface area contributed by atoms with Gasteiger partial charge in [-0.15, -0.1) is 0 Å². The molecule has 1 rings (SSSR count). The molecule has 0 bridgehead atoms. The largest absolute Gasteiger partial charge is 0.0613 e. The highest BCUT2D eigenvalue weighted by Crippen LogP contribution is 2.40. The molecule has 0 fully saturated rings. The van der Waals surface area contributed by atoms with Gasteiger partial charge in [0.25, 0.3) is 0 Å². The maximum absolute atomic E-state index is 2.33. The van der Waals surface area contributed by atoms with E-state index < -0.39 is 0 Å². The van der Waals surface area contributed by atoms with E-state index in [2.05, 4.69) is 65.8 Å². The maximum Gasteiger partial charge on any atom is -0.00551 e. The van der Waals surface area contributed by atoms with Gasteiger partial charge in [0.1, 0.15) is 0 Å². The van der Waals surface area contributed by atoms with Gasteiger partial charge in [-0.2, -0.15) is 0 Å². The average molecular weight is 204 g/mol. The minimum atomic E-state index is 0.221. The van der Waals surface area contributed by atoms with Crippen LogP contribution in [0.2, 0.25) is 0 Å². The van der Waals surface area contributed by atoms with Crippen molar-refractivity contribution in [1.29, 1.82) is 0 Å². The molecule has 0 aromatic heterocycles. The summed E-state index contributed by atoms with van der Waals surface area (Å²) in [5.41, 5.74) is 3.37. The first-order valence-electron chi connectivity index (χ1n) is 5.88. The minimum absolute atomic E-state index is 0.221. The molecular formula is C15H24. The Morgan fingerprint density at radius 1 is 0.867 bits per heavy atom. The molecule has 0 aliphatic rings. The second-order valence-electron chi connectivity index (χ2n) is 5.93. The van der Waals surface area contributed by atoms with E-state index in [1.165, 1.54) is 11.1 Å². The summed E-state index contributed by atoms with van der Waals surface area (Å²) in [6, 6.07) is 9.07. The molecule has 0 unspecified atom stereocenters. The summed E-state index contributed by atoms with van der Waals surface area (Å²) in [6.07, 6.45) is 1.12. The summed E-state index contributed by atoms with van der Waals surface area (Å²) in [7, 11) is 0. The molecule has 0 nitrogen and oxygen atoms in total. The van der Waals surface area contributed by atoms with Crippen LogP contribution in [0.15, 0.2) is 24.3 Å². The highest BCUT2D eigenvalue weighted by Gasteiger charge is 2.33. The Kier molecular flexibility index (Phi) is 3.28. The summed E-state index contributed by atoms with van der Waals surface area (Å²) in [6.45, 7) is 13.8. The molecule has 0 atom stereocenters. The second-order valence-corrected chi connectivity index (χ2v) is 5.93. The molecule has 0 heteroatoms. The smallest absolute Gasteiger partial charge is 0.00551 e. The van der Waals surface area contributed by atoms with Gasteiger partial charge in [0.05, 0.1) is 0 Å². The first-order chi connectivity index (χ1) is 6.79. The van der Waals surface area contributed by atoms with Crippen LogP contribution >= 0.6 is 0 Å². The van der Waals surface area contributed by atoms with Crippen LogP contribution in [-0.4, -0.2) is 0 Å². The van der Waals surface area contributed by atoms with Crippen LogP contribution in [-0.2, 0) is 11.8 Å². The van der Waals surface area contributed by atoms with E-state index >= 15 is 0 Å². The lowest BCUT2D eigenvalue weighted by Gasteiger charge is -2.39. The normalized spacial score (nSPS) is 12.9. The van der Waals surface area contributed by atoms with Gasteiger partial charge in [0.15, 0.2) is 0 Å². The van der Waals surface area contributed by atoms with Crippen LogP contribution < -0.4 is 0 Å². The van der Waals surface area contributed by atoms with Crippen molar-refractivity contribution in [2.75, 3.05) is 0 Å². The van der Waals surface area contributed by atoms with Crippen molar-refractivity contribution in [3.8, 4) is 0 Å². The van der Waals surface area contributed by atoms with E-state index in [1.807, 2.05) is 0 Å². The van der Waals surface area contributed by atoms with Crippen LogP contribution in [0.1, 0.15) is 52.7 Å². The number of aryl methyl sites for hydroxylation is 1. The average Bonchev–Trinajstić information content (AvgIpc) is 2.16. The van der Waals surface area contributed by atoms with Gasteiger partial charge in [-0.05, 0) is 28.4 Å². The lowest BCUT2D eigenvalue weighted by Crippen LogP contribution is -2.33. The summed E-state index contributed by atoms with van der Waals surface area (Å²) in [4.78, 5) is 0. The first kappa shape index (κ1) is 12.3. The SMILES string of the molecule is CCc1ccc(C(C)(C)C(C)(C)C)cc1. The van der Waals surface area contributed by atoms with E-state index in [4.69, 9.17) is 0 Å². The zero-order valence-corrected chi connectivity index (χ0v) is 11.0. The monoisotopic (exact) mass is 204 g/mol. The molecular weight excluding hydrogens is 180 g/mol. The van der Waals surface area contributed by atoms with Crippen molar-refractivity contribution >= 4 is 0 Å². The Balaban J connectivity index is 3.06. The summed E-state index contributed by atoms with van der Waals surface area (Å²) < 4.78 is 0. The first-order valence-corrected chi connectivity index (χ1v) is 5.88. The second kappa shape index (κ2) is 4.00. The predicted octanol–water partition coefficient (Wildman–Crippen LogP) is 4.57. The molecule has 0 N–H and O–H groups in total. The van der Waals surface area contributed by atoms with E-state index in [0.717, 1.165) is 6.42 Å². The molecule has 0 saturated heterocycles. The topological polar surface area (TPSA) is 0 Å².